The van der Waals surface area contributed by atoms with Crippen LogP contribution in [0.2, 0.25) is 0 Å². The van der Waals surface area contributed by atoms with Crippen LogP contribution in [0, 0.1) is 6.92 Å². The summed E-state index contributed by atoms with van der Waals surface area (Å²) in [6, 6.07) is 10.2. The largest absolute Gasteiger partial charge is 0.304 e. The summed E-state index contributed by atoms with van der Waals surface area (Å²) in [6.07, 6.45) is 0. The average molecular weight is 310 g/mol. The lowest BCUT2D eigenvalue weighted by molar-refractivity contribution is 0.763. The first kappa shape index (κ1) is 11.9. The zero-order valence-corrected chi connectivity index (χ0v) is 12.3. The van der Waals surface area contributed by atoms with E-state index in [4.69, 9.17) is 0 Å². The number of pyridine rings is 1. The molecule has 0 bridgehead atoms. The third-order valence-electron chi connectivity index (χ3n) is 3.75. The van der Waals surface area contributed by atoms with Crippen LogP contribution < -0.4 is 5.43 Å². The summed E-state index contributed by atoms with van der Waals surface area (Å²) in [5.41, 5.74) is 6.16. The van der Waals surface area contributed by atoms with Crippen molar-refractivity contribution in [2.45, 2.75) is 17.5 Å². The van der Waals surface area contributed by atoms with Gasteiger partial charge in [-0.25, -0.2) is 4.68 Å². The fraction of sp³-hybridized carbons (Fsp3) is 0.154. The van der Waals surface area contributed by atoms with Crippen molar-refractivity contribution in [3.63, 3.8) is 0 Å². The number of hydrogen-bond acceptors (Lipinski definition) is 7. The molecule has 3 aromatic heterocycles. The van der Waals surface area contributed by atoms with E-state index in [1.807, 2.05) is 29.8 Å². The summed E-state index contributed by atoms with van der Waals surface area (Å²) in [7, 11) is 0. The molecule has 0 radical (unpaired) electrons. The van der Waals surface area contributed by atoms with E-state index in [0.29, 0.717) is 0 Å². The molecule has 1 atom stereocenters. The summed E-state index contributed by atoms with van der Waals surface area (Å²) in [5.74, 6) is 0.835. The second-order valence-electron chi connectivity index (χ2n) is 5.06. The maximum absolute atomic E-state index is 4.19. The van der Waals surface area contributed by atoms with Gasteiger partial charge in [0.15, 0.2) is 5.65 Å². The van der Waals surface area contributed by atoms with E-state index in [9.17, 15) is 0 Å². The van der Waals surface area contributed by atoms with Crippen LogP contribution in [0.1, 0.15) is 16.8 Å². The number of aromatic nitrogens is 7. The quantitative estimate of drug-likeness (QED) is 0.570. The lowest BCUT2D eigenvalue weighted by Crippen LogP contribution is -2.15. The summed E-state index contributed by atoms with van der Waals surface area (Å²) in [4.78, 5) is 0. The van der Waals surface area contributed by atoms with Crippen molar-refractivity contribution in [2.75, 3.05) is 5.43 Å². The minimum absolute atomic E-state index is 0.00214. The van der Waals surface area contributed by atoms with Gasteiger partial charge in [0.1, 0.15) is 11.2 Å². The maximum atomic E-state index is 4.19. The Morgan fingerprint density at radius 1 is 1.18 bits per heavy atom. The molecule has 4 aromatic rings. The molecule has 108 valence electrons. The van der Waals surface area contributed by atoms with Crippen molar-refractivity contribution in [3.8, 4) is 0 Å². The number of nitrogens with zero attached hydrogens (tertiary/aromatic N) is 7. The molecule has 4 heterocycles. The molecule has 0 aliphatic carbocycles. The average Bonchev–Trinajstić information content (AvgIpc) is 3.24. The van der Waals surface area contributed by atoms with Gasteiger partial charge in [-0.15, -0.1) is 15.3 Å². The van der Waals surface area contributed by atoms with Gasteiger partial charge in [-0.05, 0) is 29.5 Å². The monoisotopic (exact) mass is 310 g/mol. The number of fused-ring (bicyclic) bond motifs is 4. The summed E-state index contributed by atoms with van der Waals surface area (Å²) in [5, 5.41) is 22.3. The van der Waals surface area contributed by atoms with Crippen molar-refractivity contribution >= 4 is 28.3 Å². The van der Waals surface area contributed by atoms with Crippen LogP contribution in [-0.4, -0.2) is 34.9 Å². The molecule has 1 aliphatic rings. The summed E-state index contributed by atoms with van der Waals surface area (Å²) in [6.45, 7) is 1.92. The highest BCUT2D eigenvalue weighted by molar-refractivity contribution is 7.99. The number of hydrogen-bond donors (Lipinski definition) is 1. The molecular formula is C13H10N8S. The van der Waals surface area contributed by atoms with E-state index in [1.54, 1.807) is 16.3 Å². The summed E-state index contributed by atoms with van der Waals surface area (Å²) < 4.78 is 3.67. The maximum Gasteiger partial charge on any atom is 0.212 e. The predicted molar refractivity (Wildman–Crippen MR) is 81.0 cm³/mol. The van der Waals surface area contributed by atoms with Gasteiger partial charge in [-0.1, -0.05) is 30.0 Å². The number of tetrazole rings is 1. The first-order valence-electron chi connectivity index (χ1n) is 6.76. The molecular weight excluding hydrogens is 300 g/mol. The van der Waals surface area contributed by atoms with Gasteiger partial charge in [0.05, 0.1) is 5.52 Å². The molecule has 0 saturated carbocycles. The normalized spacial score (nSPS) is 17.0. The minimum Gasteiger partial charge on any atom is -0.304 e. The molecule has 0 saturated heterocycles. The highest BCUT2D eigenvalue weighted by Crippen LogP contribution is 2.40. The van der Waals surface area contributed by atoms with Crippen molar-refractivity contribution in [1.82, 2.24) is 34.9 Å². The third-order valence-corrected chi connectivity index (χ3v) is 4.82. The predicted octanol–water partition coefficient (Wildman–Crippen LogP) is 1.53. The molecule has 5 rings (SSSR count). The van der Waals surface area contributed by atoms with E-state index >= 15 is 0 Å². The lowest BCUT2D eigenvalue weighted by Gasteiger charge is -2.13. The Morgan fingerprint density at radius 2 is 2.09 bits per heavy atom. The molecule has 1 N–H and O–H groups in total. The number of thioether (sulfide) groups is 1. The van der Waals surface area contributed by atoms with Gasteiger partial charge in [0.25, 0.3) is 0 Å². The molecule has 8 nitrogen and oxygen atoms in total. The molecule has 0 unspecified atom stereocenters. The summed E-state index contributed by atoms with van der Waals surface area (Å²) >= 11 is 1.61. The van der Waals surface area contributed by atoms with Gasteiger partial charge in [-0.2, -0.15) is 4.52 Å². The van der Waals surface area contributed by atoms with Crippen molar-refractivity contribution < 1.29 is 0 Å². The molecule has 1 aromatic carbocycles. The Balaban J connectivity index is 1.72. The first-order chi connectivity index (χ1) is 10.8. The zero-order chi connectivity index (χ0) is 14.7. The Hall–Kier alpha value is -2.68. The fourth-order valence-electron chi connectivity index (χ4n) is 2.71. The Kier molecular flexibility index (Phi) is 2.26. The first-order valence-corrected chi connectivity index (χ1v) is 7.64. The van der Waals surface area contributed by atoms with Crippen LogP contribution in [0.4, 0.5) is 0 Å². The third kappa shape index (κ3) is 1.51. The number of aryl methyl sites for hydroxylation is 1. The van der Waals surface area contributed by atoms with Crippen LogP contribution in [0.15, 0.2) is 35.5 Å². The van der Waals surface area contributed by atoms with E-state index in [0.717, 1.165) is 33.1 Å². The van der Waals surface area contributed by atoms with E-state index in [2.05, 4.69) is 43.3 Å². The highest BCUT2D eigenvalue weighted by Gasteiger charge is 2.29. The van der Waals surface area contributed by atoms with E-state index in [-0.39, 0.29) is 5.37 Å². The van der Waals surface area contributed by atoms with Crippen molar-refractivity contribution in [3.05, 3.63) is 41.7 Å². The topological polar surface area (TPSA) is 85.8 Å². The van der Waals surface area contributed by atoms with Crippen LogP contribution in [0.25, 0.3) is 16.6 Å². The van der Waals surface area contributed by atoms with Crippen LogP contribution in [-0.2, 0) is 0 Å². The van der Waals surface area contributed by atoms with E-state index in [1.165, 1.54) is 0 Å². The smallest absolute Gasteiger partial charge is 0.212 e. The Morgan fingerprint density at radius 3 is 3.00 bits per heavy atom. The van der Waals surface area contributed by atoms with Crippen LogP contribution >= 0.6 is 11.8 Å². The van der Waals surface area contributed by atoms with Crippen LogP contribution in [0.3, 0.4) is 0 Å². The second kappa shape index (κ2) is 4.17. The second-order valence-corrected chi connectivity index (χ2v) is 6.14. The van der Waals surface area contributed by atoms with Gasteiger partial charge < -0.3 is 5.43 Å². The van der Waals surface area contributed by atoms with Gasteiger partial charge in [0.2, 0.25) is 5.16 Å². The molecule has 0 amide bonds. The molecule has 1 aliphatic heterocycles. The zero-order valence-electron chi connectivity index (χ0n) is 11.5. The van der Waals surface area contributed by atoms with Crippen molar-refractivity contribution in [1.29, 1.82) is 0 Å². The highest BCUT2D eigenvalue weighted by atomic mass is 32.2. The van der Waals surface area contributed by atoms with Crippen molar-refractivity contribution in [2.24, 2.45) is 0 Å². The lowest BCUT2D eigenvalue weighted by atomic mass is 10.1. The van der Waals surface area contributed by atoms with E-state index < -0.39 is 0 Å². The SMILES string of the molecule is Cc1nnc2n1N[C@H](c1cc3ccccc3n3nnnc13)S2. The van der Waals surface area contributed by atoms with Gasteiger partial charge in [-0.3, -0.25) is 0 Å². The van der Waals surface area contributed by atoms with Gasteiger partial charge >= 0.3 is 0 Å². The standard InChI is InChI=1S/C13H10N8S/c1-7-14-16-13-20(7)17-12(22-13)9-6-8-4-2-3-5-10(8)21-11(9)15-18-19-21/h2-6,12,17H,1H3/t12-/m0/s1. The fourth-order valence-corrected chi connectivity index (χ4v) is 3.75. The number of benzene rings is 1. The van der Waals surface area contributed by atoms with Gasteiger partial charge in [0, 0.05) is 10.9 Å². The number of para-hydroxylation sites is 1. The number of nitrogens with one attached hydrogen (secondary N) is 1. The molecule has 0 spiro atoms. The molecule has 0 fully saturated rings. The minimum atomic E-state index is 0.00214. The number of rotatable bonds is 1. The molecule has 22 heavy (non-hydrogen) atoms. The van der Waals surface area contributed by atoms with Crippen LogP contribution in [0.5, 0.6) is 0 Å². The molecule has 9 heteroatoms. The Bertz CT molecular complexity index is 1020. The Labute approximate surface area is 128 Å².